The molecule has 0 fully saturated rings. The molecule has 176 valence electrons. The van der Waals surface area contributed by atoms with E-state index < -0.39 is 12.7 Å². The minimum absolute atomic E-state index is 0.0152. The highest BCUT2D eigenvalue weighted by Gasteiger charge is 2.29. The summed E-state index contributed by atoms with van der Waals surface area (Å²) in [5, 5.41) is 5.27. The Hall–Kier alpha value is -3.59. The van der Waals surface area contributed by atoms with Crippen molar-refractivity contribution in [3.05, 3.63) is 89.6 Å². The van der Waals surface area contributed by atoms with E-state index in [0.29, 0.717) is 16.3 Å². The summed E-state index contributed by atoms with van der Waals surface area (Å²) in [6.07, 6.45) is -0.0278. The van der Waals surface area contributed by atoms with Crippen LogP contribution in [0.3, 0.4) is 0 Å². The normalized spacial score (nSPS) is 11.6. The third kappa shape index (κ3) is 5.66. The lowest BCUT2D eigenvalue weighted by Crippen LogP contribution is -2.30. The molecule has 0 spiro atoms. The molecule has 0 N–H and O–H groups in total. The highest BCUT2D eigenvalue weighted by atomic mass is 35.5. The molecule has 4 aromatic rings. The number of hydrogen-bond acceptors (Lipinski definition) is 3. The monoisotopic (exact) mass is 487 g/mol. The Balaban J connectivity index is 1.58. The summed E-state index contributed by atoms with van der Waals surface area (Å²) in [7, 11) is 1.54. The lowest BCUT2D eigenvalue weighted by atomic mass is 10.1. The second kappa shape index (κ2) is 9.72. The quantitative estimate of drug-likeness (QED) is 0.362. The molecule has 1 amide bonds. The molecule has 0 atom stereocenters. The molecule has 2 aromatic heterocycles. The second-order valence-electron chi connectivity index (χ2n) is 7.80. The zero-order chi connectivity index (χ0) is 24.3. The van der Waals surface area contributed by atoms with Crippen LogP contribution < -0.4 is 0 Å². The van der Waals surface area contributed by atoms with E-state index in [0.717, 1.165) is 15.8 Å². The first-order chi connectivity index (χ1) is 16.2. The van der Waals surface area contributed by atoms with Crippen LogP contribution in [0.2, 0.25) is 5.02 Å². The van der Waals surface area contributed by atoms with Gasteiger partial charge in [0.2, 0.25) is 5.91 Å². The van der Waals surface area contributed by atoms with E-state index in [1.807, 2.05) is 42.5 Å². The minimum Gasteiger partial charge on any atom is -0.338 e. The summed E-state index contributed by atoms with van der Waals surface area (Å²) in [6.45, 7) is -1.21. The van der Waals surface area contributed by atoms with Crippen LogP contribution in [0, 0.1) is 0 Å². The molecule has 0 aliphatic carbocycles. The van der Waals surface area contributed by atoms with E-state index in [9.17, 15) is 18.0 Å². The summed E-state index contributed by atoms with van der Waals surface area (Å²) < 4.78 is 41.1. The Kier molecular flexibility index (Phi) is 6.74. The molecule has 0 unspecified atom stereocenters. The number of alkyl halides is 3. The van der Waals surface area contributed by atoms with E-state index in [2.05, 4.69) is 10.1 Å². The van der Waals surface area contributed by atoms with Crippen LogP contribution in [-0.4, -0.2) is 43.4 Å². The summed E-state index contributed by atoms with van der Waals surface area (Å²) >= 11 is 6.02. The SMILES string of the molecule is CN(Cc1nccn1CC(F)(F)F)C(=O)Cc1cn(-c2ccccc2)nc1-c1ccc(Cl)cc1. The van der Waals surface area contributed by atoms with Crippen LogP contribution in [0.5, 0.6) is 0 Å². The summed E-state index contributed by atoms with van der Waals surface area (Å²) in [4.78, 5) is 18.4. The van der Waals surface area contributed by atoms with Gasteiger partial charge in [0, 0.05) is 41.8 Å². The number of halogens is 4. The van der Waals surface area contributed by atoms with Gasteiger partial charge in [0.05, 0.1) is 24.3 Å². The van der Waals surface area contributed by atoms with E-state index in [-0.39, 0.29) is 24.7 Å². The van der Waals surface area contributed by atoms with Gasteiger partial charge >= 0.3 is 6.18 Å². The van der Waals surface area contributed by atoms with Crippen molar-refractivity contribution in [1.82, 2.24) is 24.2 Å². The van der Waals surface area contributed by atoms with Crippen LogP contribution in [0.25, 0.3) is 16.9 Å². The average Bonchev–Trinajstić information content (AvgIpc) is 3.40. The van der Waals surface area contributed by atoms with Gasteiger partial charge in [-0.1, -0.05) is 41.9 Å². The van der Waals surface area contributed by atoms with Gasteiger partial charge in [-0.25, -0.2) is 9.67 Å². The largest absolute Gasteiger partial charge is 0.406 e. The standard InChI is InChI=1S/C24H21ClF3N5O/c1-31(15-21-29-11-12-32(21)16-24(26,27)28)22(34)13-18-14-33(20-5-3-2-4-6-20)30-23(18)17-7-9-19(25)10-8-17/h2-12,14H,13,15-16H2,1H3. The van der Waals surface area contributed by atoms with E-state index in [1.165, 1.54) is 17.3 Å². The maximum absolute atomic E-state index is 13.0. The number of carbonyl (C=O) groups excluding carboxylic acids is 1. The fourth-order valence-electron chi connectivity index (χ4n) is 3.53. The van der Waals surface area contributed by atoms with Gasteiger partial charge in [-0.05, 0) is 24.3 Å². The molecule has 0 saturated heterocycles. The minimum atomic E-state index is -4.38. The van der Waals surface area contributed by atoms with Crippen LogP contribution >= 0.6 is 11.6 Å². The maximum atomic E-state index is 13.0. The molecule has 0 saturated carbocycles. The molecule has 4 rings (SSSR count). The van der Waals surface area contributed by atoms with Gasteiger partial charge in [-0.15, -0.1) is 0 Å². The molecule has 34 heavy (non-hydrogen) atoms. The predicted octanol–water partition coefficient (Wildman–Crippen LogP) is 5.15. The topological polar surface area (TPSA) is 56.0 Å². The average molecular weight is 488 g/mol. The van der Waals surface area contributed by atoms with E-state index in [1.54, 1.807) is 30.1 Å². The first-order valence-corrected chi connectivity index (χ1v) is 10.8. The first kappa shape index (κ1) is 23.6. The maximum Gasteiger partial charge on any atom is 0.406 e. The molecule has 0 aliphatic heterocycles. The molecule has 6 nitrogen and oxygen atoms in total. The van der Waals surface area contributed by atoms with Gasteiger partial charge < -0.3 is 9.47 Å². The third-order valence-electron chi connectivity index (χ3n) is 5.23. The summed E-state index contributed by atoms with van der Waals surface area (Å²) in [6, 6.07) is 16.6. The summed E-state index contributed by atoms with van der Waals surface area (Å²) in [5.74, 6) is -0.115. The Bertz CT molecular complexity index is 1270. The number of imidazole rings is 1. The Morgan fingerprint density at radius 3 is 2.47 bits per heavy atom. The van der Waals surface area contributed by atoms with Crippen molar-refractivity contribution in [2.45, 2.75) is 25.7 Å². The second-order valence-corrected chi connectivity index (χ2v) is 8.24. The molecule has 2 heterocycles. The molecule has 0 aliphatic rings. The third-order valence-corrected chi connectivity index (χ3v) is 5.48. The van der Waals surface area contributed by atoms with Crippen LogP contribution in [-0.2, 0) is 24.3 Å². The van der Waals surface area contributed by atoms with Crippen LogP contribution in [0.4, 0.5) is 13.2 Å². The molecular formula is C24H21ClF3N5O. The van der Waals surface area contributed by atoms with Crippen LogP contribution in [0.15, 0.2) is 73.2 Å². The number of hydrogen-bond donors (Lipinski definition) is 0. The number of carbonyl (C=O) groups is 1. The highest BCUT2D eigenvalue weighted by molar-refractivity contribution is 6.30. The number of para-hydroxylation sites is 1. The van der Waals surface area contributed by atoms with Crippen molar-refractivity contribution in [2.24, 2.45) is 0 Å². The first-order valence-electron chi connectivity index (χ1n) is 10.4. The Morgan fingerprint density at radius 2 is 1.79 bits per heavy atom. The van der Waals surface area contributed by atoms with E-state index in [4.69, 9.17) is 11.6 Å². The number of amides is 1. The number of nitrogens with zero attached hydrogens (tertiary/aromatic N) is 5. The van der Waals surface area contributed by atoms with Crippen molar-refractivity contribution in [2.75, 3.05) is 7.05 Å². The summed E-state index contributed by atoms with van der Waals surface area (Å²) in [5.41, 5.74) is 2.94. The fourth-order valence-corrected chi connectivity index (χ4v) is 3.66. The molecule has 0 radical (unpaired) electrons. The number of likely N-dealkylation sites (N-methyl/N-ethyl adjacent to an activating group) is 1. The van der Waals surface area contributed by atoms with Crippen LogP contribution in [0.1, 0.15) is 11.4 Å². The van der Waals surface area contributed by atoms with Gasteiger partial charge in [0.1, 0.15) is 12.4 Å². The molecule has 0 bridgehead atoms. The van der Waals surface area contributed by atoms with Crippen molar-refractivity contribution < 1.29 is 18.0 Å². The zero-order valence-electron chi connectivity index (χ0n) is 18.2. The van der Waals surface area contributed by atoms with Gasteiger partial charge in [-0.3, -0.25) is 4.79 Å². The van der Waals surface area contributed by atoms with Crippen molar-refractivity contribution >= 4 is 17.5 Å². The van der Waals surface area contributed by atoms with Crippen molar-refractivity contribution in [3.8, 4) is 16.9 Å². The molecule has 10 heteroatoms. The smallest absolute Gasteiger partial charge is 0.338 e. The zero-order valence-corrected chi connectivity index (χ0v) is 19.0. The highest BCUT2D eigenvalue weighted by Crippen LogP contribution is 2.26. The fraction of sp³-hybridized carbons (Fsp3) is 0.208. The van der Waals surface area contributed by atoms with Gasteiger partial charge in [0.25, 0.3) is 0 Å². The Morgan fingerprint density at radius 1 is 1.09 bits per heavy atom. The predicted molar refractivity (Wildman–Crippen MR) is 122 cm³/mol. The lowest BCUT2D eigenvalue weighted by Gasteiger charge is -2.18. The molecule has 2 aromatic carbocycles. The number of rotatable bonds is 7. The van der Waals surface area contributed by atoms with Gasteiger partial charge in [0.15, 0.2) is 0 Å². The van der Waals surface area contributed by atoms with Gasteiger partial charge in [-0.2, -0.15) is 18.3 Å². The van der Waals surface area contributed by atoms with E-state index >= 15 is 0 Å². The number of aromatic nitrogens is 4. The van der Waals surface area contributed by atoms with Crippen molar-refractivity contribution in [3.63, 3.8) is 0 Å². The lowest BCUT2D eigenvalue weighted by molar-refractivity contribution is -0.141. The van der Waals surface area contributed by atoms with Crippen molar-refractivity contribution in [1.29, 1.82) is 0 Å². The Labute approximate surface area is 199 Å². The number of benzene rings is 2. The molecular weight excluding hydrogens is 467 g/mol.